The molecule has 3 nitrogen and oxygen atoms in total. The Morgan fingerprint density at radius 3 is 2.86 bits per heavy atom. The fraction of sp³-hybridized carbons (Fsp3) is 0.667. The van der Waals surface area contributed by atoms with Crippen molar-refractivity contribution in [1.82, 2.24) is 9.88 Å². The number of hydrogen-bond acceptors (Lipinski definition) is 3. The van der Waals surface area contributed by atoms with Crippen LogP contribution in [0.5, 0.6) is 0 Å². The first kappa shape index (κ1) is 16.0. The molecule has 0 bridgehead atoms. The second kappa shape index (κ2) is 7.56. The van der Waals surface area contributed by atoms with Crippen molar-refractivity contribution in [3.8, 4) is 6.07 Å². The Balaban J connectivity index is 2.03. The van der Waals surface area contributed by atoms with Crippen LogP contribution in [-0.4, -0.2) is 23.0 Å². The molecule has 2 rings (SSSR count). The lowest BCUT2D eigenvalue weighted by molar-refractivity contribution is 0.115. The normalized spacial score (nSPS) is 25.8. The van der Waals surface area contributed by atoms with E-state index in [-0.39, 0.29) is 5.92 Å². The highest BCUT2D eigenvalue weighted by Gasteiger charge is 2.32. The monoisotopic (exact) mass is 285 g/mol. The first-order valence-corrected chi connectivity index (χ1v) is 8.16. The highest BCUT2D eigenvalue weighted by atomic mass is 15.1. The number of nitrogens with zero attached hydrogens (tertiary/aromatic N) is 3. The Labute approximate surface area is 129 Å². The molecule has 0 aliphatic heterocycles. The molecule has 0 spiro atoms. The summed E-state index contributed by atoms with van der Waals surface area (Å²) in [5, 5.41) is 9.44. The Morgan fingerprint density at radius 2 is 2.19 bits per heavy atom. The first-order valence-electron chi connectivity index (χ1n) is 8.16. The van der Waals surface area contributed by atoms with Gasteiger partial charge in [0, 0.05) is 18.3 Å². The molecule has 3 unspecified atom stereocenters. The van der Waals surface area contributed by atoms with Crippen LogP contribution in [0.3, 0.4) is 0 Å². The van der Waals surface area contributed by atoms with Crippen molar-refractivity contribution in [2.24, 2.45) is 11.8 Å². The lowest BCUT2D eigenvalue weighted by Crippen LogP contribution is -2.41. The molecule has 3 atom stereocenters. The summed E-state index contributed by atoms with van der Waals surface area (Å²) in [6.07, 6.45) is 5.98. The highest BCUT2D eigenvalue weighted by molar-refractivity contribution is 5.10. The molecule has 1 aliphatic carbocycles. The predicted molar refractivity (Wildman–Crippen MR) is 85.6 cm³/mol. The van der Waals surface area contributed by atoms with Gasteiger partial charge in [-0.2, -0.15) is 5.26 Å². The van der Waals surface area contributed by atoms with Gasteiger partial charge in [-0.3, -0.25) is 9.88 Å². The molecule has 1 saturated carbocycles. The van der Waals surface area contributed by atoms with Gasteiger partial charge in [0.2, 0.25) is 0 Å². The number of aromatic nitrogens is 1. The van der Waals surface area contributed by atoms with Gasteiger partial charge in [-0.05, 0) is 51.3 Å². The van der Waals surface area contributed by atoms with Crippen LogP contribution in [0.1, 0.15) is 50.4 Å². The van der Waals surface area contributed by atoms with Gasteiger partial charge in [0.1, 0.15) is 0 Å². The van der Waals surface area contributed by atoms with E-state index in [1.165, 1.54) is 19.3 Å². The largest absolute Gasteiger partial charge is 0.296 e. The van der Waals surface area contributed by atoms with Crippen molar-refractivity contribution >= 4 is 0 Å². The van der Waals surface area contributed by atoms with Crippen LogP contribution < -0.4 is 0 Å². The zero-order valence-corrected chi connectivity index (χ0v) is 13.5. The summed E-state index contributed by atoms with van der Waals surface area (Å²) in [6, 6.07) is 9.08. The number of rotatable bonds is 5. The van der Waals surface area contributed by atoms with Gasteiger partial charge >= 0.3 is 0 Å². The lowest BCUT2D eigenvalue weighted by Gasteiger charge is -2.38. The summed E-state index contributed by atoms with van der Waals surface area (Å²) in [5.41, 5.74) is 2.16. The number of hydrogen-bond donors (Lipinski definition) is 0. The molecule has 114 valence electrons. The van der Waals surface area contributed by atoms with Gasteiger partial charge in [-0.15, -0.1) is 0 Å². The molecule has 1 heterocycles. The molecule has 1 aromatic heterocycles. The second-order valence-corrected chi connectivity index (χ2v) is 6.46. The molecule has 3 heteroatoms. The standard InChI is InChI=1S/C18H27N3/c1-4-6-15-9-10-16(12-19)18(11-15)21(3)13-17-8-5-7-14(2)20-17/h5,7-8,15-16,18H,4,6,9-11,13H2,1-3H3. The summed E-state index contributed by atoms with van der Waals surface area (Å²) < 4.78 is 0. The topological polar surface area (TPSA) is 39.9 Å². The molecule has 0 aromatic carbocycles. The number of nitriles is 1. The van der Waals surface area contributed by atoms with Gasteiger partial charge in [0.05, 0.1) is 17.7 Å². The number of aryl methyl sites for hydroxylation is 1. The van der Waals surface area contributed by atoms with E-state index < -0.39 is 0 Å². The smallest absolute Gasteiger partial charge is 0.0672 e. The van der Waals surface area contributed by atoms with Gasteiger partial charge in [-0.25, -0.2) is 0 Å². The van der Waals surface area contributed by atoms with Crippen LogP contribution in [-0.2, 0) is 6.54 Å². The zero-order chi connectivity index (χ0) is 15.2. The zero-order valence-electron chi connectivity index (χ0n) is 13.5. The average molecular weight is 285 g/mol. The van der Waals surface area contributed by atoms with E-state index in [4.69, 9.17) is 0 Å². The maximum atomic E-state index is 9.44. The summed E-state index contributed by atoms with van der Waals surface area (Å²) >= 11 is 0. The van der Waals surface area contributed by atoms with Crippen LogP contribution in [0.15, 0.2) is 18.2 Å². The van der Waals surface area contributed by atoms with E-state index >= 15 is 0 Å². The Bertz CT molecular complexity index is 491. The maximum Gasteiger partial charge on any atom is 0.0672 e. The molecule has 0 amide bonds. The number of pyridine rings is 1. The Kier molecular flexibility index (Phi) is 5.76. The van der Waals surface area contributed by atoms with E-state index in [1.54, 1.807) is 0 Å². The van der Waals surface area contributed by atoms with Crippen molar-refractivity contribution in [3.63, 3.8) is 0 Å². The molecular formula is C18H27N3. The lowest BCUT2D eigenvalue weighted by atomic mass is 9.76. The minimum absolute atomic E-state index is 0.174. The second-order valence-electron chi connectivity index (χ2n) is 6.46. The van der Waals surface area contributed by atoms with Gasteiger partial charge in [0.25, 0.3) is 0 Å². The Morgan fingerprint density at radius 1 is 1.38 bits per heavy atom. The SMILES string of the molecule is CCCC1CCC(C#N)C(N(C)Cc2cccc(C)n2)C1. The van der Waals surface area contributed by atoms with E-state index in [0.717, 1.165) is 36.7 Å². The fourth-order valence-electron chi connectivity index (χ4n) is 3.60. The average Bonchev–Trinajstić information content (AvgIpc) is 2.47. The first-order chi connectivity index (χ1) is 10.1. The van der Waals surface area contributed by atoms with Crippen LogP contribution in [0, 0.1) is 30.1 Å². The molecular weight excluding hydrogens is 258 g/mol. The van der Waals surface area contributed by atoms with E-state index in [2.05, 4.69) is 42.1 Å². The maximum absolute atomic E-state index is 9.44. The van der Waals surface area contributed by atoms with Crippen molar-refractivity contribution in [2.45, 2.75) is 58.5 Å². The Hall–Kier alpha value is -1.40. The van der Waals surface area contributed by atoms with Crippen LogP contribution in [0.4, 0.5) is 0 Å². The minimum atomic E-state index is 0.174. The van der Waals surface area contributed by atoms with E-state index in [1.807, 2.05) is 13.0 Å². The molecule has 1 aliphatic rings. The summed E-state index contributed by atoms with van der Waals surface area (Å²) in [7, 11) is 2.15. The molecule has 0 radical (unpaired) electrons. The predicted octanol–water partition coefficient (Wildman–Crippen LogP) is 3.93. The van der Waals surface area contributed by atoms with E-state index in [9.17, 15) is 5.26 Å². The van der Waals surface area contributed by atoms with Crippen molar-refractivity contribution < 1.29 is 0 Å². The summed E-state index contributed by atoms with van der Waals surface area (Å²) in [5.74, 6) is 0.963. The van der Waals surface area contributed by atoms with Crippen molar-refractivity contribution in [3.05, 3.63) is 29.6 Å². The van der Waals surface area contributed by atoms with Crippen molar-refractivity contribution in [1.29, 1.82) is 5.26 Å². The van der Waals surface area contributed by atoms with Gasteiger partial charge < -0.3 is 0 Å². The minimum Gasteiger partial charge on any atom is -0.296 e. The van der Waals surface area contributed by atoms with Crippen LogP contribution >= 0.6 is 0 Å². The van der Waals surface area contributed by atoms with Gasteiger partial charge in [-0.1, -0.05) is 25.8 Å². The quantitative estimate of drug-likeness (QED) is 0.823. The van der Waals surface area contributed by atoms with Crippen LogP contribution in [0.2, 0.25) is 0 Å². The third-order valence-corrected chi connectivity index (χ3v) is 4.71. The molecule has 0 N–H and O–H groups in total. The van der Waals surface area contributed by atoms with Crippen LogP contribution in [0.25, 0.3) is 0 Å². The van der Waals surface area contributed by atoms with Gasteiger partial charge in [0.15, 0.2) is 0 Å². The summed E-state index contributed by atoms with van der Waals surface area (Å²) in [6.45, 7) is 5.12. The summed E-state index contributed by atoms with van der Waals surface area (Å²) in [4.78, 5) is 6.93. The molecule has 1 aromatic rings. The van der Waals surface area contributed by atoms with Crippen molar-refractivity contribution in [2.75, 3.05) is 7.05 Å². The molecule has 1 fully saturated rings. The highest BCUT2D eigenvalue weighted by Crippen LogP contribution is 2.34. The molecule has 21 heavy (non-hydrogen) atoms. The molecule has 0 saturated heterocycles. The third kappa shape index (κ3) is 4.28. The third-order valence-electron chi connectivity index (χ3n) is 4.71. The van der Waals surface area contributed by atoms with E-state index in [0.29, 0.717) is 6.04 Å². The fourth-order valence-corrected chi connectivity index (χ4v) is 3.60.